The maximum atomic E-state index is 11.2. The number of carbonyl (C=O) groups excluding carboxylic acids is 2. The van der Waals surface area contributed by atoms with Gasteiger partial charge in [-0.1, -0.05) is 12.1 Å². The van der Waals surface area contributed by atoms with Crippen molar-refractivity contribution in [2.75, 3.05) is 7.11 Å². The Morgan fingerprint density at radius 3 is 2.67 bits per heavy atom. The van der Waals surface area contributed by atoms with E-state index in [-0.39, 0.29) is 5.57 Å². The molecule has 5 nitrogen and oxygen atoms in total. The summed E-state index contributed by atoms with van der Waals surface area (Å²) >= 11 is 0. The van der Waals surface area contributed by atoms with Crippen LogP contribution in [0.4, 0.5) is 0 Å². The maximum absolute atomic E-state index is 11.2. The normalized spacial score (nSPS) is 10.4. The second-order valence-corrected chi connectivity index (χ2v) is 3.33. The molecule has 5 heteroatoms. The highest BCUT2D eigenvalue weighted by atomic mass is 16.5. The van der Waals surface area contributed by atoms with Crippen LogP contribution in [0.1, 0.15) is 12.5 Å². The molecule has 0 radical (unpaired) electrons. The molecule has 0 saturated carbocycles. The van der Waals surface area contributed by atoms with E-state index in [1.807, 2.05) is 0 Å². The summed E-state index contributed by atoms with van der Waals surface area (Å²) < 4.78 is 9.34. The van der Waals surface area contributed by atoms with Gasteiger partial charge < -0.3 is 9.47 Å². The van der Waals surface area contributed by atoms with Crippen LogP contribution < -0.4 is 4.74 Å². The molecule has 0 aliphatic heterocycles. The highest BCUT2D eigenvalue weighted by molar-refractivity contribution is 5.97. The topological polar surface area (TPSA) is 76.4 Å². The Kier molecular flexibility index (Phi) is 4.64. The molecule has 18 heavy (non-hydrogen) atoms. The molecule has 0 spiro atoms. The Balaban J connectivity index is 3.03. The van der Waals surface area contributed by atoms with Gasteiger partial charge in [-0.15, -0.1) is 0 Å². The highest BCUT2D eigenvalue weighted by Crippen LogP contribution is 2.16. The molecule has 0 aliphatic carbocycles. The van der Waals surface area contributed by atoms with E-state index < -0.39 is 11.9 Å². The van der Waals surface area contributed by atoms with Gasteiger partial charge in [-0.05, 0) is 23.8 Å². The molecular formula is C13H11NO4. The number of nitrogens with zero attached hydrogens (tertiary/aromatic N) is 1. The third-order valence-corrected chi connectivity index (χ3v) is 1.96. The maximum Gasteiger partial charge on any atom is 0.348 e. The van der Waals surface area contributed by atoms with Gasteiger partial charge in [0.25, 0.3) is 0 Å². The second kappa shape index (κ2) is 6.21. The van der Waals surface area contributed by atoms with Gasteiger partial charge in [-0.3, -0.25) is 4.79 Å². The number of hydrogen-bond donors (Lipinski definition) is 0. The van der Waals surface area contributed by atoms with Crippen LogP contribution in [0.5, 0.6) is 5.75 Å². The summed E-state index contributed by atoms with van der Waals surface area (Å²) in [5.41, 5.74) is 0.438. The zero-order chi connectivity index (χ0) is 13.5. The van der Waals surface area contributed by atoms with Crippen molar-refractivity contribution >= 4 is 18.0 Å². The van der Waals surface area contributed by atoms with Crippen LogP contribution in [0, 0.1) is 11.3 Å². The van der Waals surface area contributed by atoms with E-state index in [2.05, 4.69) is 4.74 Å². The molecule has 0 saturated heterocycles. The summed E-state index contributed by atoms with van der Waals surface area (Å²) in [6, 6.07) is 8.21. The second-order valence-electron chi connectivity index (χ2n) is 3.33. The van der Waals surface area contributed by atoms with Crippen LogP contribution in [-0.4, -0.2) is 19.0 Å². The van der Waals surface area contributed by atoms with Crippen LogP contribution in [-0.2, 0) is 14.3 Å². The fraction of sp³-hybridized carbons (Fsp3) is 0.154. The van der Waals surface area contributed by atoms with Crippen molar-refractivity contribution in [2.45, 2.75) is 6.92 Å². The number of carbonyl (C=O) groups is 2. The van der Waals surface area contributed by atoms with Gasteiger partial charge >= 0.3 is 11.9 Å². The summed E-state index contributed by atoms with van der Waals surface area (Å²) in [6.07, 6.45) is 1.36. The van der Waals surface area contributed by atoms with Gasteiger partial charge in [0.1, 0.15) is 17.4 Å². The first kappa shape index (κ1) is 13.5. The first-order valence-electron chi connectivity index (χ1n) is 5.05. The molecule has 0 unspecified atom stereocenters. The molecule has 0 heterocycles. The summed E-state index contributed by atoms with van der Waals surface area (Å²) in [5.74, 6) is -0.807. The van der Waals surface area contributed by atoms with Gasteiger partial charge in [0.15, 0.2) is 0 Å². The Bertz CT molecular complexity index is 540. The van der Waals surface area contributed by atoms with E-state index in [9.17, 15) is 9.59 Å². The minimum absolute atomic E-state index is 0.127. The van der Waals surface area contributed by atoms with Crippen molar-refractivity contribution < 1.29 is 19.1 Å². The van der Waals surface area contributed by atoms with E-state index >= 15 is 0 Å². The average molecular weight is 245 g/mol. The number of benzene rings is 1. The third kappa shape index (κ3) is 3.76. The monoisotopic (exact) mass is 245 g/mol. The molecule has 0 bridgehead atoms. The molecule has 0 aromatic heterocycles. The van der Waals surface area contributed by atoms with Crippen LogP contribution in [0.3, 0.4) is 0 Å². The summed E-state index contributed by atoms with van der Waals surface area (Å²) in [5, 5.41) is 8.80. The van der Waals surface area contributed by atoms with Crippen molar-refractivity contribution in [1.82, 2.24) is 0 Å². The van der Waals surface area contributed by atoms with Crippen LogP contribution in [0.2, 0.25) is 0 Å². The Morgan fingerprint density at radius 2 is 2.11 bits per heavy atom. The number of rotatable bonds is 3. The summed E-state index contributed by atoms with van der Waals surface area (Å²) in [6.45, 7) is 1.29. The van der Waals surface area contributed by atoms with E-state index in [0.717, 1.165) is 0 Å². The lowest BCUT2D eigenvalue weighted by Gasteiger charge is -2.02. The summed E-state index contributed by atoms with van der Waals surface area (Å²) in [7, 11) is 1.20. The number of nitriles is 1. The van der Waals surface area contributed by atoms with Gasteiger partial charge in [-0.2, -0.15) is 5.26 Å². The Hall–Kier alpha value is -2.61. The van der Waals surface area contributed by atoms with E-state index in [0.29, 0.717) is 11.3 Å². The SMILES string of the molecule is COC(=O)C(C#N)=Cc1cccc(OC(C)=O)c1. The molecule has 0 aliphatic rings. The van der Waals surface area contributed by atoms with Gasteiger partial charge in [0, 0.05) is 6.92 Å². The van der Waals surface area contributed by atoms with E-state index in [1.54, 1.807) is 30.3 Å². The molecule has 0 N–H and O–H groups in total. The fourth-order valence-electron chi connectivity index (χ4n) is 1.25. The average Bonchev–Trinajstić information content (AvgIpc) is 2.34. The van der Waals surface area contributed by atoms with Crippen molar-refractivity contribution in [3.63, 3.8) is 0 Å². The predicted octanol–water partition coefficient (Wildman–Crippen LogP) is 1.69. The van der Waals surface area contributed by atoms with Crippen LogP contribution in [0.15, 0.2) is 29.8 Å². The standard InChI is InChI=1S/C13H11NO4/c1-9(15)18-12-5-3-4-10(7-12)6-11(8-14)13(16)17-2/h3-7H,1-2H3. The van der Waals surface area contributed by atoms with Gasteiger partial charge in [0.05, 0.1) is 7.11 Å². The Morgan fingerprint density at radius 1 is 1.39 bits per heavy atom. The van der Waals surface area contributed by atoms with Crippen LogP contribution >= 0.6 is 0 Å². The van der Waals surface area contributed by atoms with Gasteiger partial charge in [-0.25, -0.2) is 4.79 Å². The lowest BCUT2D eigenvalue weighted by Crippen LogP contribution is -2.03. The van der Waals surface area contributed by atoms with Crippen molar-refractivity contribution in [3.05, 3.63) is 35.4 Å². The zero-order valence-corrected chi connectivity index (χ0v) is 9.97. The predicted molar refractivity (Wildman–Crippen MR) is 63.4 cm³/mol. The third-order valence-electron chi connectivity index (χ3n) is 1.96. The smallest absolute Gasteiger partial charge is 0.348 e. The lowest BCUT2D eigenvalue weighted by molar-refractivity contribution is -0.135. The Labute approximate surface area is 104 Å². The largest absolute Gasteiger partial charge is 0.465 e. The molecule has 0 amide bonds. The van der Waals surface area contributed by atoms with Crippen molar-refractivity contribution in [1.29, 1.82) is 5.26 Å². The number of esters is 2. The molecule has 0 atom stereocenters. The number of methoxy groups -OCH3 is 1. The van der Waals surface area contributed by atoms with Crippen molar-refractivity contribution in [3.8, 4) is 11.8 Å². The molecule has 1 aromatic rings. The quantitative estimate of drug-likeness (QED) is 0.350. The lowest BCUT2D eigenvalue weighted by atomic mass is 10.1. The summed E-state index contributed by atoms with van der Waals surface area (Å²) in [4.78, 5) is 22.0. The van der Waals surface area contributed by atoms with E-state index in [1.165, 1.54) is 20.1 Å². The first-order chi connectivity index (χ1) is 8.56. The zero-order valence-electron chi connectivity index (χ0n) is 9.97. The molecule has 1 rings (SSSR count). The molecule has 1 aromatic carbocycles. The fourth-order valence-corrected chi connectivity index (χ4v) is 1.25. The first-order valence-corrected chi connectivity index (χ1v) is 5.05. The molecule has 92 valence electrons. The van der Waals surface area contributed by atoms with Crippen molar-refractivity contribution in [2.24, 2.45) is 0 Å². The molecule has 0 fully saturated rings. The molecular weight excluding hydrogens is 234 g/mol. The number of hydrogen-bond acceptors (Lipinski definition) is 5. The minimum atomic E-state index is -0.713. The number of ether oxygens (including phenoxy) is 2. The minimum Gasteiger partial charge on any atom is -0.465 e. The van der Waals surface area contributed by atoms with Crippen LogP contribution in [0.25, 0.3) is 6.08 Å². The van der Waals surface area contributed by atoms with E-state index in [4.69, 9.17) is 10.00 Å². The highest BCUT2D eigenvalue weighted by Gasteiger charge is 2.08. The van der Waals surface area contributed by atoms with Gasteiger partial charge in [0.2, 0.25) is 0 Å².